The molecule has 1 aliphatic heterocycles. The summed E-state index contributed by atoms with van der Waals surface area (Å²) < 4.78 is 10.2. The van der Waals surface area contributed by atoms with Crippen LogP contribution in [0.1, 0.15) is 19.8 Å². The van der Waals surface area contributed by atoms with E-state index in [9.17, 15) is 20.1 Å². The van der Waals surface area contributed by atoms with Crippen LogP contribution in [0.2, 0.25) is 0 Å². The first-order valence-corrected chi connectivity index (χ1v) is 6.51. The summed E-state index contributed by atoms with van der Waals surface area (Å²) in [5.74, 6) is -0.487. The Morgan fingerprint density at radius 2 is 1.80 bits per heavy atom. The number of hydrogen-bond donors (Lipinski definition) is 4. The van der Waals surface area contributed by atoms with Crippen LogP contribution in [-0.4, -0.2) is 70.1 Å². The second-order valence-electron chi connectivity index (χ2n) is 4.93. The molecule has 1 aliphatic rings. The van der Waals surface area contributed by atoms with Gasteiger partial charge in [0.1, 0.15) is 24.4 Å². The molecule has 20 heavy (non-hydrogen) atoms. The Hall–Kier alpha value is -0.990. The molecule has 0 amide bonds. The summed E-state index contributed by atoms with van der Waals surface area (Å²) in [4.78, 5) is 11.1. The van der Waals surface area contributed by atoms with Gasteiger partial charge in [-0.15, -0.1) is 0 Å². The number of rotatable bonds is 6. The van der Waals surface area contributed by atoms with Crippen molar-refractivity contribution in [3.05, 3.63) is 12.2 Å². The largest absolute Gasteiger partial charge is 0.462 e. The van der Waals surface area contributed by atoms with E-state index in [1.165, 1.54) is 0 Å². The second kappa shape index (κ2) is 7.70. The number of hydrogen-bond acceptors (Lipinski definition) is 7. The Bertz CT molecular complexity index is 342. The van der Waals surface area contributed by atoms with E-state index in [-0.39, 0.29) is 6.61 Å². The summed E-state index contributed by atoms with van der Waals surface area (Å²) >= 11 is 0. The zero-order chi connectivity index (χ0) is 15.3. The van der Waals surface area contributed by atoms with Crippen LogP contribution in [0.5, 0.6) is 0 Å². The highest BCUT2D eigenvalue weighted by molar-refractivity contribution is 5.86. The molecule has 1 heterocycles. The lowest BCUT2D eigenvalue weighted by molar-refractivity contribution is -0.230. The number of aliphatic hydroxyl groups excluding tert-OH is 4. The van der Waals surface area contributed by atoms with E-state index in [0.717, 1.165) is 0 Å². The molecule has 0 aromatic heterocycles. The minimum atomic E-state index is -1.37. The van der Waals surface area contributed by atoms with Gasteiger partial charge in [0.15, 0.2) is 0 Å². The summed E-state index contributed by atoms with van der Waals surface area (Å²) in [5, 5.41) is 38.0. The standard InChI is InChI=1S/C13H22O7/c1-7(2)13(18)19-5-3-4-8-10(15)12(17)11(16)9(6-14)20-8/h8-12,14-17H,1,3-6H2,2H3/t8?,9-,10+,11-,12-/m1/s1. The van der Waals surface area contributed by atoms with Gasteiger partial charge >= 0.3 is 5.97 Å². The fraction of sp³-hybridized carbons (Fsp3) is 0.769. The Morgan fingerprint density at radius 3 is 2.35 bits per heavy atom. The predicted molar refractivity (Wildman–Crippen MR) is 68.8 cm³/mol. The van der Waals surface area contributed by atoms with Gasteiger partial charge in [-0.2, -0.15) is 0 Å². The molecular formula is C13H22O7. The average molecular weight is 290 g/mol. The molecule has 5 atom stereocenters. The minimum Gasteiger partial charge on any atom is -0.462 e. The average Bonchev–Trinajstić information content (AvgIpc) is 2.42. The van der Waals surface area contributed by atoms with Gasteiger partial charge in [0.05, 0.1) is 19.3 Å². The van der Waals surface area contributed by atoms with Crippen LogP contribution in [0.25, 0.3) is 0 Å². The molecule has 116 valence electrons. The van der Waals surface area contributed by atoms with Crippen molar-refractivity contribution in [2.45, 2.75) is 50.3 Å². The molecule has 4 N–H and O–H groups in total. The van der Waals surface area contributed by atoms with E-state index in [4.69, 9.17) is 14.6 Å². The van der Waals surface area contributed by atoms with Gasteiger partial charge in [0.25, 0.3) is 0 Å². The minimum absolute atomic E-state index is 0.140. The first-order chi connectivity index (χ1) is 9.38. The Kier molecular flexibility index (Phi) is 6.57. The van der Waals surface area contributed by atoms with Gasteiger partial charge in [-0.05, 0) is 19.8 Å². The van der Waals surface area contributed by atoms with Gasteiger partial charge in [0, 0.05) is 5.57 Å². The quantitative estimate of drug-likeness (QED) is 0.274. The van der Waals surface area contributed by atoms with Gasteiger partial charge < -0.3 is 29.9 Å². The highest BCUT2D eigenvalue weighted by Gasteiger charge is 2.42. The molecule has 1 fully saturated rings. The van der Waals surface area contributed by atoms with Crippen LogP contribution in [0.3, 0.4) is 0 Å². The van der Waals surface area contributed by atoms with Crippen LogP contribution in [0.4, 0.5) is 0 Å². The zero-order valence-corrected chi connectivity index (χ0v) is 11.4. The maximum Gasteiger partial charge on any atom is 0.333 e. The molecular weight excluding hydrogens is 268 g/mol. The molecule has 0 saturated carbocycles. The zero-order valence-electron chi connectivity index (χ0n) is 11.4. The molecule has 0 bridgehead atoms. The van der Waals surface area contributed by atoms with Crippen molar-refractivity contribution >= 4 is 5.97 Å². The van der Waals surface area contributed by atoms with Crippen molar-refractivity contribution in [3.8, 4) is 0 Å². The number of aliphatic hydroxyl groups is 4. The molecule has 7 heteroatoms. The first kappa shape index (κ1) is 17.1. The van der Waals surface area contributed by atoms with Crippen LogP contribution in [-0.2, 0) is 14.3 Å². The Balaban J connectivity index is 2.39. The topological polar surface area (TPSA) is 116 Å². The van der Waals surface area contributed by atoms with Gasteiger partial charge in [-0.3, -0.25) is 0 Å². The van der Waals surface area contributed by atoms with E-state index in [2.05, 4.69) is 6.58 Å². The normalized spacial score (nSPS) is 33.8. The lowest BCUT2D eigenvalue weighted by Gasteiger charge is -2.40. The van der Waals surface area contributed by atoms with Crippen molar-refractivity contribution in [1.82, 2.24) is 0 Å². The SMILES string of the molecule is C=C(C)C(=O)OCCCC1O[C@H](CO)[C@@H](O)[C@H](O)[C@H]1O. The summed E-state index contributed by atoms with van der Waals surface area (Å²) in [5.41, 5.74) is 0.304. The molecule has 0 radical (unpaired) electrons. The Labute approximate surface area is 117 Å². The molecule has 1 unspecified atom stereocenters. The predicted octanol–water partition coefficient (Wildman–Crippen LogP) is -1.27. The van der Waals surface area contributed by atoms with E-state index in [0.29, 0.717) is 18.4 Å². The third kappa shape index (κ3) is 4.26. The smallest absolute Gasteiger partial charge is 0.333 e. The van der Waals surface area contributed by atoms with Crippen LogP contribution < -0.4 is 0 Å². The van der Waals surface area contributed by atoms with Crippen LogP contribution in [0, 0.1) is 0 Å². The number of ether oxygens (including phenoxy) is 2. The van der Waals surface area contributed by atoms with Gasteiger partial charge in [-0.1, -0.05) is 6.58 Å². The molecule has 1 saturated heterocycles. The number of carbonyl (C=O) groups is 1. The fourth-order valence-electron chi connectivity index (χ4n) is 1.99. The third-order valence-electron chi connectivity index (χ3n) is 3.21. The van der Waals surface area contributed by atoms with E-state index in [1.807, 2.05) is 0 Å². The lowest BCUT2D eigenvalue weighted by atomic mass is 9.93. The maximum atomic E-state index is 11.1. The summed E-state index contributed by atoms with van der Waals surface area (Å²) in [7, 11) is 0. The molecule has 0 aliphatic carbocycles. The molecule has 1 rings (SSSR count). The summed E-state index contributed by atoms with van der Waals surface area (Å²) in [6, 6.07) is 0. The molecule has 7 nitrogen and oxygen atoms in total. The third-order valence-corrected chi connectivity index (χ3v) is 3.21. The Morgan fingerprint density at radius 1 is 1.20 bits per heavy atom. The second-order valence-corrected chi connectivity index (χ2v) is 4.93. The fourth-order valence-corrected chi connectivity index (χ4v) is 1.99. The monoisotopic (exact) mass is 290 g/mol. The number of esters is 1. The summed E-state index contributed by atoms with van der Waals surface area (Å²) in [6.45, 7) is 4.68. The van der Waals surface area contributed by atoms with Crippen LogP contribution >= 0.6 is 0 Å². The summed E-state index contributed by atoms with van der Waals surface area (Å²) in [6.07, 6.45) is -4.86. The number of carbonyl (C=O) groups excluding carboxylic acids is 1. The molecule has 0 aromatic rings. The molecule has 0 spiro atoms. The van der Waals surface area contributed by atoms with E-state index >= 15 is 0 Å². The lowest BCUT2D eigenvalue weighted by Crippen LogP contribution is -2.58. The van der Waals surface area contributed by atoms with Crippen molar-refractivity contribution < 1.29 is 34.7 Å². The maximum absolute atomic E-state index is 11.1. The van der Waals surface area contributed by atoms with Crippen molar-refractivity contribution in [1.29, 1.82) is 0 Å². The highest BCUT2D eigenvalue weighted by Crippen LogP contribution is 2.23. The van der Waals surface area contributed by atoms with Crippen molar-refractivity contribution in [3.63, 3.8) is 0 Å². The van der Waals surface area contributed by atoms with Gasteiger partial charge in [0.2, 0.25) is 0 Å². The highest BCUT2D eigenvalue weighted by atomic mass is 16.5. The van der Waals surface area contributed by atoms with Gasteiger partial charge in [-0.25, -0.2) is 4.79 Å². The van der Waals surface area contributed by atoms with E-state index < -0.39 is 43.1 Å². The van der Waals surface area contributed by atoms with Crippen molar-refractivity contribution in [2.24, 2.45) is 0 Å². The molecule has 0 aromatic carbocycles. The van der Waals surface area contributed by atoms with Crippen molar-refractivity contribution in [2.75, 3.05) is 13.2 Å². The van der Waals surface area contributed by atoms with Crippen LogP contribution in [0.15, 0.2) is 12.2 Å². The van der Waals surface area contributed by atoms with E-state index in [1.54, 1.807) is 6.92 Å². The first-order valence-electron chi connectivity index (χ1n) is 6.51.